The number of hydrogen-bond donors (Lipinski definition) is 2. The first kappa shape index (κ1) is 27.2. The predicted octanol–water partition coefficient (Wildman–Crippen LogP) is 6.67. The lowest BCUT2D eigenvalue weighted by molar-refractivity contribution is 0.0685. The number of ether oxygens (including phenoxy) is 2. The number of aryl methyl sites for hydroxylation is 1. The number of aromatic nitrogens is 2. The van der Waals surface area contributed by atoms with Crippen LogP contribution < -0.4 is 19.7 Å². The van der Waals surface area contributed by atoms with Crippen molar-refractivity contribution in [3.63, 3.8) is 0 Å². The summed E-state index contributed by atoms with van der Waals surface area (Å²) in [5.74, 6) is -0.201. The number of hydrogen-bond acceptors (Lipinski definition) is 7. The number of methoxy groups -OCH3 is 1. The molecular formula is C32H28N4O5S. The third-order valence-electron chi connectivity index (χ3n) is 7.12. The van der Waals surface area contributed by atoms with Crippen LogP contribution in [0.25, 0.3) is 21.5 Å². The molecule has 0 saturated carbocycles. The van der Waals surface area contributed by atoms with E-state index in [0.717, 1.165) is 45.6 Å². The van der Waals surface area contributed by atoms with Gasteiger partial charge >= 0.3 is 12.0 Å². The van der Waals surface area contributed by atoms with E-state index in [4.69, 9.17) is 9.47 Å². The van der Waals surface area contributed by atoms with E-state index in [1.807, 2.05) is 66.7 Å². The molecule has 2 aromatic heterocycles. The molecule has 1 aliphatic heterocycles. The fourth-order valence-corrected chi connectivity index (χ4v) is 5.83. The number of rotatable bonds is 8. The highest BCUT2D eigenvalue weighted by Crippen LogP contribution is 2.34. The minimum Gasteiger partial charge on any atom is -0.497 e. The first-order valence-electron chi connectivity index (χ1n) is 13.6. The highest BCUT2D eigenvalue weighted by molar-refractivity contribution is 7.22. The number of pyridine rings is 1. The number of aromatic carboxylic acids is 1. The summed E-state index contributed by atoms with van der Waals surface area (Å²) in [4.78, 5) is 36.1. The Morgan fingerprint density at radius 1 is 1.02 bits per heavy atom. The first-order valence-corrected chi connectivity index (χ1v) is 14.4. The molecule has 9 nitrogen and oxygen atoms in total. The zero-order valence-electron chi connectivity index (χ0n) is 22.9. The van der Waals surface area contributed by atoms with Crippen molar-refractivity contribution in [3.8, 4) is 22.8 Å². The minimum atomic E-state index is -1.17. The van der Waals surface area contributed by atoms with E-state index in [-0.39, 0.29) is 17.5 Å². The summed E-state index contributed by atoms with van der Waals surface area (Å²) in [5, 5.41) is 13.4. The molecule has 0 saturated heterocycles. The molecule has 6 rings (SSSR count). The first-order chi connectivity index (χ1) is 20.5. The summed E-state index contributed by atoms with van der Waals surface area (Å²) < 4.78 is 12.0. The van der Waals surface area contributed by atoms with Gasteiger partial charge in [0.15, 0.2) is 16.6 Å². The Bertz CT molecular complexity index is 1740. The Kier molecular flexibility index (Phi) is 7.70. The van der Waals surface area contributed by atoms with Gasteiger partial charge in [-0.2, -0.15) is 0 Å². The molecule has 0 spiro atoms. The van der Waals surface area contributed by atoms with Crippen molar-refractivity contribution in [1.82, 2.24) is 9.97 Å². The molecule has 212 valence electrons. The third-order valence-corrected chi connectivity index (χ3v) is 8.07. The van der Waals surface area contributed by atoms with Crippen molar-refractivity contribution in [2.75, 3.05) is 30.5 Å². The van der Waals surface area contributed by atoms with Gasteiger partial charge in [0.05, 0.1) is 29.6 Å². The van der Waals surface area contributed by atoms with Crippen LogP contribution in [0.1, 0.15) is 28.0 Å². The zero-order valence-corrected chi connectivity index (χ0v) is 23.7. The summed E-state index contributed by atoms with van der Waals surface area (Å²) in [6, 6.07) is 24.3. The van der Waals surface area contributed by atoms with Crippen molar-refractivity contribution in [1.29, 1.82) is 0 Å². The number of benzene rings is 3. The van der Waals surface area contributed by atoms with Crippen molar-refractivity contribution in [3.05, 3.63) is 95.7 Å². The number of nitrogens with one attached hydrogen (secondary N) is 1. The molecule has 42 heavy (non-hydrogen) atoms. The molecule has 2 N–H and O–H groups in total. The molecule has 0 radical (unpaired) electrons. The molecule has 2 amide bonds. The van der Waals surface area contributed by atoms with Crippen LogP contribution in [0.5, 0.6) is 11.5 Å². The Labute approximate surface area is 246 Å². The van der Waals surface area contributed by atoms with E-state index in [0.29, 0.717) is 36.0 Å². The molecule has 0 atom stereocenters. The summed E-state index contributed by atoms with van der Waals surface area (Å²) in [7, 11) is 1.62. The Morgan fingerprint density at radius 3 is 2.64 bits per heavy atom. The molecular weight excluding hydrogens is 552 g/mol. The minimum absolute atomic E-state index is 0.162. The maximum Gasteiger partial charge on any atom is 0.358 e. The topological polar surface area (TPSA) is 114 Å². The van der Waals surface area contributed by atoms with E-state index < -0.39 is 5.97 Å². The third kappa shape index (κ3) is 5.75. The monoisotopic (exact) mass is 580 g/mol. The quantitative estimate of drug-likeness (QED) is 0.211. The van der Waals surface area contributed by atoms with Crippen LogP contribution >= 0.6 is 11.3 Å². The Morgan fingerprint density at radius 2 is 1.86 bits per heavy atom. The largest absolute Gasteiger partial charge is 0.497 e. The smallest absolute Gasteiger partial charge is 0.358 e. The summed E-state index contributed by atoms with van der Waals surface area (Å²) in [6.45, 7) is 0.854. The second kappa shape index (κ2) is 11.9. The molecule has 3 heterocycles. The number of carboxylic acid groups (broad SMARTS) is 1. The lowest BCUT2D eigenvalue weighted by atomic mass is 9.98. The van der Waals surface area contributed by atoms with Gasteiger partial charge in [-0.25, -0.2) is 19.6 Å². The fourth-order valence-electron chi connectivity index (χ4n) is 4.98. The lowest BCUT2D eigenvalue weighted by Crippen LogP contribution is -2.38. The highest BCUT2D eigenvalue weighted by atomic mass is 32.1. The SMILES string of the molecule is COc1ccc(CCOc2ccc(-c3ccc4c(c3)N(C(=O)Nc3nc5ccccc5s3)CCC4)nc2C(=O)O)cc1. The van der Waals surface area contributed by atoms with Gasteiger partial charge in [-0.3, -0.25) is 10.2 Å². The normalized spacial score (nSPS) is 12.5. The molecule has 0 bridgehead atoms. The van der Waals surface area contributed by atoms with Crippen molar-refractivity contribution < 1.29 is 24.2 Å². The van der Waals surface area contributed by atoms with Crippen LogP contribution in [0.15, 0.2) is 78.9 Å². The number of thiazole rings is 1. The van der Waals surface area contributed by atoms with Crippen LogP contribution in [-0.2, 0) is 12.8 Å². The number of urea groups is 1. The van der Waals surface area contributed by atoms with Gasteiger partial charge in [-0.15, -0.1) is 0 Å². The summed E-state index contributed by atoms with van der Waals surface area (Å²) in [5.41, 5.74) is 4.73. The Hall–Kier alpha value is -4.96. The van der Waals surface area contributed by atoms with Crippen LogP contribution in [0.3, 0.4) is 0 Å². The second-order valence-corrected chi connectivity index (χ2v) is 10.8. The van der Waals surface area contributed by atoms with Gasteiger partial charge in [0.25, 0.3) is 0 Å². The van der Waals surface area contributed by atoms with Gasteiger partial charge in [-0.05, 0) is 66.4 Å². The zero-order chi connectivity index (χ0) is 29.1. The predicted molar refractivity (Wildman–Crippen MR) is 163 cm³/mol. The molecule has 5 aromatic rings. The summed E-state index contributed by atoms with van der Waals surface area (Å²) >= 11 is 1.43. The standard InChI is InChI=1S/C32H28N4O5S/c1-40-23-12-8-20(9-13-23)16-18-41-27-15-14-24(33-29(27)30(37)38)22-11-10-21-5-4-17-36(26(21)19-22)32(39)35-31-34-25-6-2-3-7-28(25)42-31/h2-3,6-15,19H,4-5,16-18H2,1H3,(H,37,38)(H,34,35,39). The number of para-hydroxylation sites is 1. The maximum absolute atomic E-state index is 13.3. The van der Waals surface area contributed by atoms with Crippen molar-refractivity contribution in [2.24, 2.45) is 0 Å². The lowest BCUT2D eigenvalue weighted by Gasteiger charge is -2.29. The molecule has 1 aliphatic rings. The van der Waals surface area contributed by atoms with Crippen LogP contribution in [0.4, 0.5) is 15.6 Å². The number of nitrogens with zero attached hydrogens (tertiary/aromatic N) is 3. The molecule has 0 aliphatic carbocycles. The van der Waals surface area contributed by atoms with E-state index in [1.54, 1.807) is 24.1 Å². The van der Waals surface area contributed by atoms with Gasteiger partial charge in [0, 0.05) is 24.2 Å². The summed E-state index contributed by atoms with van der Waals surface area (Å²) in [6.07, 6.45) is 2.28. The number of carbonyl (C=O) groups excluding carboxylic acids is 1. The molecule has 3 aromatic carbocycles. The van der Waals surface area contributed by atoms with E-state index in [1.165, 1.54) is 11.3 Å². The fraction of sp³-hybridized carbons (Fsp3) is 0.188. The van der Waals surface area contributed by atoms with Crippen molar-refractivity contribution >= 4 is 44.4 Å². The maximum atomic E-state index is 13.3. The van der Waals surface area contributed by atoms with Crippen LogP contribution in [0.2, 0.25) is 0 Å². The van der Waals surface area contributed by atoms with Gasteiger partial charge in [0.2, 0.25) is 0 Å². The van der Waals surface area contributed by atoms with Crippen molar-refractivity contribution in [2.45, 2.75) is 19.3 Å². The average molecular weight is 581 g/mol. The molecule has 10 heteroatoms. The van der Waals surface area contributed by atoms with Gasteiger partial charge in [-0.1, -0.05) is 47.7 Å². The number of fused-ring (bicyclic) bond motifs is 2. The van der Waals surface area contributed by atoms with Crippen LogP contribution in [-0.4, -0.2) is 47.3 Å². The number of carbonyl (C=O) groups is 2. The molecule has 0 unspecified atom stereocenters. The number of anilines is 2. The molecule has 0 fully saturated rings. The van der Waals surface area contributed by atoms with E-state index in [9.17, 15) is 14.7 Å². The van der Waals surface area contributed by atoms with Gasteiger partial charge < -0.3 is 14.6 Å². The Balaban J connectivity index is 1.20. The van der Waals surface area contributed by atoms with Gasteiger partial charge in [0.1, 0.15) is 5.75 Å². The second-order valence-electron chi connectivity index (χ2n) is 9.81. The van der Waals surface area contributed by atoms with E-state index in [2.05, 4.69) is 15.3 Å². The van der Waals surface area contributed by atoms with Crippen LogP contribution in [0, 0.1) is 0 Å². The average Bonchev–Trinajstić information content (AvgIpc) is 3.43. The number of carboxylic acids is 1. The highest BCUT2D eigenvalue weighted by Gasteiger charge is 2.25. The number of amides is 2. The van der Waals surface area contributed by atoms with E-state index >= 15 is 0 Å².